The lowest BCUT2D eigenvalue weighted by Crippen LogP contribution is -2.16. The summed E-state index contributed by atoms with van der Waals surface area (Å²) in [5, 5.41) is 12.3. The number of hydrogen-bond acceptors (Lipinski definition) is 10. The van der Waals surface area contributed by atoms with Gasteiger partial charge in [-0.15, -0.1) is 11.3 Å². The first-order chi connectivity index (χ1) is 16.1. The van der Waals surface area contributed by atoms with Crippen LogP contribution in [0.3, 0.4) is 0 Å². The molecule has 0 aliphatic heterocycles. The molecule has 0 saturated carbocycles. The van der Waals surface area contributed by atoms with Crippen LogP contribution in [0.5, 0.6) is 0 Å². The number of fused-ring (bicyclic) bond motifs is 1. The highest BCUT2D eigenvalue weighted by Crippen LogP contribution is 2.34. The van der Waals surface area contributed by atoms with Crippen molar-refractivity contribution in [1.82, 2.24) is 15.0 Å². The highest BCUT2D eigenvalue weighted by atomic mass is 32.2. The Hall–Kier alpha value is -4.28. The zero-order chi connectivity index (χ0) is 24.6. The summed E-state index contributed by atoms with van der Waals surface area (Å²) in [4.78, 5) is 25.7. The first kappa shape index (κ1) is 22.9. The molecule has 11 nitrogen and oxygen atoms in total. The molecule has 34 heavy (non-hydrogen) atoms. The number of hydrogen-bond donors (Lipinski definition) is 4. The van der Waals surface area contributed by atoms with Crippen molar-refractivity contribution in [3.05, 3.63) is 58.2 Å². The van der Waals surface area contributed by atoms with E-state index in [9.17, 15) is 13.2 Å². The van der Waals surface area contributed by atoms with Crippen LogP contribution in [0.4, 0.5) is 23.1 Å². The average molecular weight is 495 g/mol. The van der Waals surface area contributed by atoms with Crippen LogP contribution in [0.25, 0.3) is 10.2 Å². The van der Waals surface area contributed by atoms with Crippen LogP contribution in [0.2, 0.25) is 0 Å². The lowest BCUT2D eigenvalue weighted by molar-refractivity contribution is 0.103. The fraction of sp³-hybridized carbons (Fsp3) is 0.0952. The first-order valence-corrected chi connectivity index (χ1v) is 12.0. The van der Waals surface area contributed by atoms with Crippen LogP contribution in [-0.4, -0.2) is 29.3 Å². The highest BCUT2D eigenvalue weighted by molar-refractivity contribution is 7.92. The van der Waals surface area contributed by atoms with Gasteiger partial charge < -0.3 is 16.8 Å². The Balaban J connectivity index is 1.54. The highest BCUT2D eigenvalue weighted by Gasteiger charge is 2.20. The minimum Gasteiger partial charge on any atom is -0.397 e. The molecule has 1 aromatic carbocycles. The summed E-state index contributed by atoms with van der Waals surface area (Å²) in [6.07, 6.45) is 0. The number of carbonyl (C=O) groups is 1. The number of anilines is 4. The number of rotatable bonds is 5. The number of benzene rings is 1. The summed E-state index contributed by atoms with van der Waals surface area (Å²) in [5.41, 5.74) is 13.8. The zero-order valence-corrected chi connectivity index (χ0v) is 19.6. The van der Waals surface area contributed by atoms with E-state index < -0.39 is 15.9 Å². The Kier molecular flexibility index (Phi) is 5.78. The number of nitrogens with zero attached hydrogens (tertiary/aromatic N) is 4. The number of pyridine rings is 1. The van der Waals surface area contributed by atoms with Gasteiger partial charge in [0.05, 0.1) is 16.1 Å². The van der Waals surface area contributed by atoms with Gasteiger partial charge in [-0.2, -0.15) is 5.26 Å². The third-order valence-electron chi connectivity index (χ3n) is 4.71. The van der Waals surface area contributed by atoms with Crippen LogP contribution < -0.4 is 21.5 Å². The third kappa shape index (κ3) is 4.45. The van der Waals surface area contributed by atoms with Crippen LogP contribution >= 0.6 is 11.3 Å². The molecule has 0 aliphatic rings. The van der Waals surface area contributed by atoms with E-state index in [4.69, 9.17) is 16.7 Å². The maximum Gasteiger partial charge on any atom is 0.267 e. The van der Waals surface area contributed by atoms with Crippen LogP contribution in [0.15, 0.2) is 41.3 Å². The number of sulfonamides is 1. The second kappa shape index (κ2) is 8.58. The quantitative estimate of drug-likeness (QED) is 0.323. The van der Waals surface area contributed by atoms with Gasteiger partial charge in [0.1, 0.15) is 21.6 Å². The monoisotopic (exact) mass is 494 g/mol. The molecule has 3 aromatic heterocycles. The van der Waals surface area contributed by atoms with Gasteiger partial charge in [0.2, 0.25) is 5.95 Å². The van der Waals surface area contributed by atoms with Crippen LogP contribution in [-0.2, 0) is 10.0 Å². The van der Waals surface area contributed by atoms with E-state index in [2.05, 4.69) is 25.0 Å². The summed E-state index contributed by atoms with van der Waals surface area (Å²) in [6, 6.07) is 10.7. The number of nitrogen functional groups attached to an aromatic ring is 2. The second-order valence-corrected chi connectivity index (χ2v) is 9.97. The number of aromatic nitrogens is 3. The number of nitrogens with two attached hydrogens (primary N) is 2. The third-order valence-corrected chi connectivity index (χ3v) is 7.17. The largest absolute Gasteiger partial charge is 0.397 e. The van der Waals surface area contributed by atoms with Crippen molar-refractivity contribution >= 4 is 60.6 Å². The summed E-state index contributed by atoms with van der Waals surface area (Å²) in [6.45, 7) is 3.47. The molecule has 4 aromatic rings. The maximum atomic E-state index is 12.8. The summed E-state index contributed by atoms with van der Waals surface area (Å²) in [5.74, 6) is -0.473. The lowest BCUT2D eigenvalue weighted by Gasteiger charge is -2.09. The fourth-order valence-electron chi connectivity index (χ4n) is 3.17. The number of aryl methyl sites for hydroxylation is 2. The topological polar surface area (TPSA) is 190 Å². The van der Waals surface area contributed by atoms with Gasteiger partial charge in [-0.3, -0.25) is 4.79 Å². The average Bonchev–Trinajstić information content (AvgIpc) is 3.07. The lowest BCUT2D eigenvalue weighted by atomic mass is 10.2. The van der Waals surface area contributed by atoms with Crippen molar-refractivity contribution < 1.29 is 13.2 Å². The van der Waals surface area contributed by atoms with Crippen molar-refractivity contribution in [2.24, 2.45) is 0 Å². The van der Waals surface area contributed by atoms with E-state index in [1.807, 2.05) is 6.07 Å². The minimum absolute atomic E-state index is 0.0242. The zero-order valence-electron chi connectivity index (χ0n) is 17.9. The van der Waals surface area contributed by atoms with Gasteiger partial charge in [-0.1, -0.05) is 0 Å². The van der Waals surface area contributed by atoms with E-state index in [1.54, 1.807) is 19.9 Å². The molecular formula is C21H18N8O3S2. The predicted octanol–water partition coefficient (Wildman–Crippen LogP) is 2.79. The number of nitriles is 1. The van der Waals surface area contributed by atoms with E-state index >= 15 is 0 Å². The molecule has 0 radical (unpaired) electrons. The predicted molar refractivity (Wildman–Crippen MR) is 130 cm³/mol. The van der Waals surface area contributed by atoms with Gasteiger partial charge in [-0.25, -0.2) is 28.1 Å². The van der Waals surface area contributed by atoms with E-state index in [0.29, 0.717) is 27.3 Å². The van der Waals surface area contributed by atoms with E-state index in [1.165, 1.54) is 30.3 Å². The van der Waals surface area contributed by atoms with Crippen LogP contribution in [0, 0.1) is 25.2 Å². The molecule has 0 spiro atoms. The standard InChI is InChI=1S/C21H18N8O3S2/c1-10-7-11(2)26-21(25-10)29-34(31,32)14-5-3-13(4-6-14)27-19(30)17-16(23)15-8-12(9-22)18(24)28-20(15)33-17/h3-8H,23H2,1-2H3,(H2,24,28)(H,27,30)(H,25,26,29). The Bertz CT molecular complexity index is 1570. The number of carbonyl (C=O) groups excluding carboxylic acids is 1. The molecule has 3 heterocycles. The normalized spacial score (nSPS) is 11.2. The molecule has 0 fully saturated rings. The SMILES string of the molecule is Cc1cc(C)nc(NS(=O)(=O)c2ccc(NC(=O)c3sc4nc(N)c(C#N)cc4c3N)cc2)n1. The number of amides is 1. The van der Waals surface area contributed by atoms with Gasteiger partial charge in [0.25, 0.3) is 15.9 Å². The molecule has 0 atom stereocenters. The Morgan fingerprint density at radius 3 is 2.32 bits per heavy atom. The van der Waals surface area contributed by atoms with E-state index in [-0.39, 0.29) is 32.8 Å². The smallest absolute Gasteiger partial charge is 0.267 e. The molecule has 4 rings (SSSR count). The molecule has 1 amide bonds. The number of nitrogens with one attached hydrogen (secondary N) is 2. The molecular weight excluding hydrogens is 476 g/mol. The summed E-state index contributed by atoms with van der Waals surface area (Å²) in [7, 11) is -3.93. The molecule has 13 heteroatoms. The van der Waals surface area contributed by atoms with Crippen LogP contribution in [0.1, 0.15) is 26.6 Å². The summed E-state index contributed by atoms with van der Waals surface area (Å²) >= 11 is 1.04. The van der Waals surface area contributed by atoms with Gasteiger partial charge >= 0.3 is 0 Å². The van der Waals surface area contributed by atoms with Gasteiger partial charge in [-0.05, 0) is 50.2 Å². The van der Waals surface area contributed by atoms with Gasteiger partial charge in [0.15, 0.2) is 0 Å². The summed E-state index contributed by atoms with van der Waals surface area (Å²) < 4.78 is 27.7. The maximum absolute atomic E-state index is 12.8. The van der Waals surface area contributed by atoms with Crippen molar-refractivity contribution in [1.29, 1.82) is 5.26 Å². The fourth-order valence-corrected chi connectivity index (χ4v) is 5.09. The van der Waals surface area contributed by atoms with Crippen molar-refractivity contribution in [3.8, 4) is 6.07 Å². The van der Waals surface area contributed by atoms with Crippen molar-refractivity contribution in [2.75, 3.05) is 21.5 Å². The van der Waals surface area contributed by atoms with E-state index in [0.717, 1.165) is 11.3 Å². The molecule has 0 saturated heterocycles. The van der Waals surface area contributed by atoms with Gasteiger partial charge in [0, 0.05) is 22.5 Å². The molecule has 0 unspecified atom stereocenters. The molecule has 172 valence electrons. The second-order valence-electron chi connectivity index (χ2n) is 7.29. The first-order valence-electron chi connectivity index (χ1n) is 9.72. The molecule has 0 bridgehead atoms. The van der Waals surface area contributed by atoms with Crippen molar-refractivity contribution in [3.63, 3.8) is 0 Å². The molecule has 6 N–H and O–H groups in total. The number of thiophene rings is 1. The Morgan fingerprint density at radius 2 is 1.71 bits per heavy atom. The Labute approximate surface area is 198 Å². The Morgan fingerprint density at radius 1 is 1.06 bits per heavy atom. The minimum atomic E-state index is -3.93. The molecule has 0 aliphatic carbocycles. The van der Waals surface area contributed by atoms with Crippen molar-refractivity contribution in [2.45, 2.75) is 18.7 Å².